The number of Topliss-reactive ketones (excluding diaryl/α,β-unsaturated/α-hetero) is 1. The number of fused-ring (bicyclic) bond motifs is 1. The normalized spacial score (nSPS) is 10.5. The Hall–Kier alpha value is -1.68. The Morgan fingerprint density at radius 2 is 2.31 bits per heavy atom. The van der Waals surface area contributed by atoms with Crippen LogP contribution in [-0.4, -0.2) is 21.9 Å². The quantitative estimate of drug-likeness (QED) is 0.675. The second-order valence-electron chi connectivity index (χ2n) is 2.75. The molecule has 0 aliphatic rings. The smallest absolute Gasteiger partial charge is 0.177 e. The van der Waals surface area contributed by atoms with Crippen LogP contribution in [0.15, 0.2) is 30.6 Å². The molecule has 4 nitrogen and oxygen atoms in total. The van der Waals surface area contributed by atoms with Crippen LogP contribution < -0.4 is 5.73 Å². The summed E-state index contributed by atoms with van der Waals surface area (Å²) in [4.78, 5) is 11.2. The number of nitrogens with zero attached hydrogens (tertiary/aromatic N) is 2. The van der Waals surface area contributed by atoms with Gasteiger partial charge in [-0.3, -0.25) is 4.79 Å². The molecule has 4 heteroatoms. The summed E-state index contributed by atoms with van der Waals surface area (Å²) in [6, 6.07) is 5.47. The number of carbonyl (C=O) groups excluding carboxylic acids is 1. The number of aromatic nitrogens is 2. The predicted octanol–water partition coefficient (Wildman–Crippen LogP) is 0.476. The molecule has 13 heavy (non-hydrogen) atoms. The van der Waals surface area contributed by atoms with Gasteiger partial charge in [0.05, 0.1) is 12.1 Å². The number of ketones is 1. The minimum Gasteiger partial charge on any atom is -0.324 e. The maximum atomic E-state index is 11.2. The van der Waals surface area contributed by atoms with Crippen molar-refractivity contribution in [3.05, 3.63) is 36.2 Å². The van der Waals surface area contributed by atoms with E-state index in [1.807, 2.05) is 12.1 Å². The molecule has 0 fully saturated rings. The molecule has 0 saturated carbocycles. The first kappa shape index (κ1) is 7.94. The zero-order chi connectivity index (χ0) is 9.26. The minimum atomic E-state index is -0.0719. The van der Waals surface area contributed by atoms with Crippen molar-refractivity contribution in [1.82, 2.24) is 9.61 Å². The van der Waals surface area contributed by atoms with Crippen molar-refractivity contribution in [2.45, 2.75) is 0 Å². The van der Waals surface area contributed by atoms with Gasteiger partial charge in [-0.05, 0) is 18.2 Å². The van der Waals surface area contributed by atoms with Crippen LogP contribution in [-0.2, 0) is 0 Å². The van der Waals surface area contributed by atoms with E-state index in [0.717, 1.165) is 5.52 Å². The largest absolute Gasteiger partial charge is 0.324 e. The highest BCUT2D eigenvalue weighted by atomic mass is 16.1. The molecule has 2 aromatic heterocycles. The van der Waals surface area contributed by atoms with Crippen molar-refractivity contribution in [3.63, 3.8) is 0 Å². The molecule has 0 aliphatic carbocycles. The molecule has 2 aromatic rings. The Morgan fingerprint density at radius 3 is 3.08 bits per heavy atom. The maximum Gasteiger partial charge on any atom is 0.177 e. The average Bonchev–Trinajstić information content (AvgIpc) is 2.63. The van der Waals surface area contributed by atoms with E-state index in [-0.39, 0.29) is 12.3 Å². The Bertz CT molecular complexity index is 447. The summed E-state index contributed by atoms with van der Waals surface area (Å²) in [5.74, 6) is -0.0719. The van der Waals surface area contributed by atoms with Gasteiger partial charge >= 0.3 is 0 Å². The topological polar surface area (TPSA) is 60.4 Å². The highest BCUT2D eigenvalue weighted by Crippen LogP contribution is 2.05. The van der Waals surface area contributed by atoms with Crippen molar-refractivity contribution in [3.8, 4) is 0 Å². The summed E-state index contributed by atoms with van der Waals surface area (Å²) in [6.45, 7) is 0.0345. The van der Waals surface area contributed by atoms with E-state index in [2.05, 4.69) is 5.10 Å². The van der Waals surface area contributed by atoms with Crippen molar-refractivity contribution in [1.29, 1.82) is 0 Å². The second-order valence-corrected chi connectivity index (χ2v) is 2.75. The summed E-state index contributed by atoms with van der Waals surface area (Å²) >= 11 is 0. The molecule has 2 heterocycles. The first-order chi connectivity index (χ1) is 6.31. The summed E-state index contributed by atoms with van der Waals surface area (Å²) in [5.41, 5.74) is 6.81. The van der Waals surface area contributed by atoms with Gasteiger partial charge in [0.15, 0.2) is 5.78 Å². The van der Waals surface area contributed by atoms with Gasteiger partial charge in [0.1, 0.15) is 0 Å². The summed E-state index contributed by atoms with van der Waals surface area (Å²) < 4.78 is 1.66. The molecule has 2 rings (SSSR count). The third kappa shape index (κ3) is 1.31. The zero-order valence-corrected chi connectivity index (χ0v) is 6.97. The Labute approximate surface area is 75.0 Å². The highest BCUT2D eigenvalue weighted by molar-refractivity contribution is 5.97. The molecular weight excluding hydrogens is 166 g/mol. The molecule has 0 bridgehead atoms. The van der Waals surface area contributed by atoms with E-state index in [0.29, 0.717) is 5.56 Å². The minimum absolute atomic E-state index is 0.0345. The fourth-order valence-electron chi connectivity index (χ4n) is 1.20. The van der Waals surface area contributed by atoms with Gasteiger partial charge in [-0.25, -0.2) is 4.52 Å². The SMILES string of the molecule is NCC(=O)c1ccc2ccnn2c1. The van der Waals surface area contributed by atoms with E-state index in [4.69, 9.17) is 5.73 Å². The number of hydrogen-bond acceptors (Lipinski definition) is 3. The standard InChI is InChI=1S/C9H9N3O/c10-5-9(13)7-1-2-8-3-4-11-12(8)6-7/h1-4,6H,5,10H2. The first-order valence-electron chi connectivity index (χ1n) is 3.98. The van der Waals surface area contributed by atoms with Crippen LogP contribution in [0.3, 0.4) is 0 Å². The lowest BCUT2D eigenvalue weighted by molar-refractivity contribution is 0.100. The van der Waals surface area contributed by atoms with Crippen LogP contribution in [0.2, 0.25) is 0 Å². The number of nitrogens with two attached hydrogens (primary N) is 1. The first-order valence-corrected chi connectivity index (χ1v) is 3.98. The van der Waals surface area contributed by atoms with Crippen molar-refractivity contribution in [2.75, 3.05) is 6.54 Å². The van der Waals surface area contributed by atoms with E-state index in [1.54, 1.807) is 23.0 Å². The van der Waals surface area contributed by atoms with Gasteiger partial charge in [0, 0.05) is 18.0 Å². The fraction of sp³-hybridized carbons (Fsp3) is 0.111. The van der Waals surface area contributed by atoms with E-state index in [9.17, 15) is 4.79 Å². The Kier molecular flexibility index (Phi) is 1.83. The number of carbonyl (C=O) groups is 1. The molecule has 0 spiro atoms. The van der Waals surface area contributed by atoms with Crippen LogP contribution >= 0.6 is 0 Å². The molecule has 0 aliphatic heterocycles. The lowest BCUT2D eigenvalue weighted by atomic mass is 10.2. The molecule has 0 saturated heterocycles. The summed E-state index contributed by atoms with van der Waals surface area (Å²) in [5, 5.41) is 4.02. The van der Waals surface area contributed by atoms with E-state index >= 15 is 0 Å². The predicted molar refractivity (Wildman–Crippen MR) is 48.6 cm³/mol. The van der Waals surface area contributed by atoms with Crippen molar-refractivity contribution < 1.29 is 4.79 Å². The van der Waals surface area contributed by atoms with Crippen LogP contribution in [0.1, 0.15) is 10.4 Å². The molecular formula is C9H9N3O. The number of rotatable bonds is 2. The van der Waals surface area contributed by atoms with Gasteiger partial charge in [0.2, 0.25) is 0 Å². The molecule has 0 radical (unpaired) electrons. The van der Waals surface area contributed by atoms with Crippen LogP contribution in [0.25, 0.3) is 5.52 Å². The van der Waals surface area contributed by atoms with E-state index in [1.165, 1.54) is 0 Å². The van der Waals surface area contributed by atoms with Gasteiger partial charge in [0.25, 0.3) is 0 Å². The third-order valence-electron chi connectivity index (χ3n) is 1.90. The van der Waals surface area contributed by atoms with Crippen LogP contribution in [0.4, 0.5) is 0 Å². The molecule has 0 aromatic carbocycles. The highest BCUT2D eigenvalue weighted by Gasteiger charge is 2.03. The van der Waals surface area contributed by atoms with Gasteiger partial charge in [-0.1, -0.05) is 0 Å². The van der Waals surface area contributed by atoms with Gasteiger partial charge < -0.3 is 5.73 Å². The Morgan fingerprint density at radius 1 is 1.46 bits per heavy atom. The van der Waals surface area contributed by atoms with Gasteiger partial charge in [-0.15, -0.1) is 0 Å². The monoisotopic (exact) mass is 175 g/mol. The maximum absolute atomic E-state index is 11.2. The average molecular weight is 175 g/mol. The second kappa shape index (κ2) is 2.99. The lowest BCUT2D eigenvalue weighted by Crippen LogP contribution is -2.14. The Balaban J connectivity index is 2.54. The van der Waals surface area contributed by atoms with Crippen molar-refractivity contribution in [2.24, 2.45) is 5.73 Å². The zero-order valence-electron chi connectivity index (χ0n) is 6.97. The lowest BCUT2D eigenvalue weighted by Gasteiger charge is -1.98. The number of pyridine rings is 1. The molecule has 0 amide bonds. The number of hydrogen-bond donors (Lipinski definition) is 1. The van der Waals surface area contributed by atoms with Gasteiger partial charge in [-0.2, -0.15) is 5.10 Å². The third-order valence-corrected chi connectivity index (χ3v) is 1.90. The van der Waals surface area contributed by atoms with Crippen LogP contribution in [0, 0.1) is 0 Å². The van der Waals surface area contributed by atoms with E-state index < -0.39 is 0 Å². The summed E-state index contributed by atoms with van der Waals surface area (Å²) in [7, 11) is 0. The molecule has 0 unspecified atom stereocenters. The summed E-state index contributed by atoms with van der Waals surface area (Å²) in [6.07, 6.45) is 3.37. The fourth-order valence-corrected chi connectivity index (χ4v) is 1.20. The molecule has 0 atom stereocenters. The van der Waals surface area contributed by atoms with Crippen LogP contribution in [0.5, 0.6) is 0 Å². The molecule has 66 valence electrons. The van der Waals surface area contributed by atoms with Crippen molar-refractivity contribution >= 4 is 11.3 Å². The molecule has 2 N–H and O–H groups in total.